The normalized spacial score (nSPS) is 10.8. The van der Waals surface area contributed by atoms with Gasteiger partial charge in [0.25, 0.3) is 11.8 Å². The number of carbonyl (C=O) groups is 2. The van der Waals surface area contributed by atoms with Crippen LogP contribution in [0.25, 0.3) is 6.08 Å². The zero-order chi connectivity index (χ0) is 23.8. The van der Waals surface area contributed by atoms with Crippen molar-refractivity contribution in [1.82, 2.24) is 0 Å². The molecule has 0 aliphatic heterocycles. The number of phenolic OH excluding ortho intramolecular Hbond substituents is 1. The Balaban J connectivity index is 1.69. The van der Waals surface area contributed by atoms with Crippen LogP contribution in [0.1, 0.15) is 5.56 Å². The van der Waals surface area contributed by atoms with Crippen molar-refractivity contribution in [3.8, 4) is 17.6 Å². The fourth-order valence-corrected chi connectivity index (χ4v) is 4.17. The number of benzene rings is 3. The molecule has 0 bridgehead atoms. The van der Waals surface area contributed by atoms with E-state index in [1.165, 1.54) is 30.3 Å². The van der Waals surface area contributed by atoms with Crippen molar-refractivity contribution in [1.29, 1.82) is 5.26 Å². The summed E-state index contributed by atoms with van der Waals surface area (Å²) in [4.78, 5) is 24.6. The van der Waals surface area contributed by atoms with Crippen LogP contribution in [-0.2, 0) is 9.59 Å². The Morgan fingerprint density at radius 3 is 2.18 bits per heavy atom. The fourth-order valence-electron chi connectivity index (χ4n) is 2.72. The van der Waals surface area contributed by atoms with E-state index in [1.807, 2.05) is 24.3 Å². The van der Waals surface area contributed by atoms with E-state index in [0.29, 0.717) is 31.6 Å². The lowest BCUT2D eigenvalue weighted by Crippen LogP contribution is -2.20. The molecule has 166 valence electrons. The summed E-state index contributed by atoms with van der Waals surface area (Å²) in [5.41, 5.74) is 1.56. The molecule has 3 N–H and O–H groups in total. The smallest absolute Gasteiger partial charge is 0.266 e. The molecule has 3 rings (SSSR count). The fraction of sp³-hybridized carbons (Fsp3) is 0.0417. The predicted molar refractivity (Wildman–Crippen MR) is 133 cm³/mol. The molecule has 0 fully saturated rings. The van der Waals surface area contributed by atoms with Crippen LogP contribution in [0, 0.1) is 11.3 Å². The van der Waals surface area contributed by atoms with E-state index in [2.05, 4.69) is 42.5 Å². The number of nitrogens with zero attached hydrogens (tertiary/aromatic N) is 1. The van der Waals surface area contributed by atoms with E-state index >= 15 is 0 Å². The van der Waals surface area contributed by atoms with Gasteiger partial charge in [0.2, 0.25) is 0 Å². The minimum Gasteiger partial charge on any atom is -0.508 e. The summed E-state index contributed by atoms with van der Waals surface area (Å²) in [6.45, 7) is -0.209. The van der Waals surface area contributed by atoms with Gasteiger partial charge in [-0.1, -0.05) is 18.2 Å². The molecule has 0 radical (unpaired) electrons. The van der Waals surface area contributed by atoms with Crippen molar-refractivity contribution in [3.63, 3.8) is 0 Å². The van der Waals surface area contributed by atoms with Gasteiger partial charge in [0, 0.05) is 11.4 Å². The third-order valence-corrected chi connectivity index (χ3v) is 5.41. The summed E-state index contributed by atoms with van der Waals surface area (Å²) in [6, 6.07) is 20.2. The summed E-state index contributed by atoms with van der Waals surface area (Å²) in [5, 5.41) is 24.1. The zero-order valence-corrected chi connectivity index (χ0v) is 20.2. The van der Waals surface area contributed by atoms with Crippen molar-refractivity contribution >= 4 is 61.1 Å². The number of halogens is 2. The second-order valence-electron chi connectivity index (χ2n) is 6.69. The van der Waals surface area contributed by atoms with E-state index in [-0.39, 0.29) is 23.8 Å². The number of para-hydroxylation sites is 1. The Labute approximate surface area is 207 Å². The monoisotopic (exact) mass is 569 g/mol. The van der Waals surface area contributed by atoms with Gasteiger partial charge in [-0.25, -0.2) is 0 Å². The standard InChI is InChI=1S/C24H17Br2N3O4/c25-20-11-15(10-16(13-27)24(32)29-18-6-8-19(30)9-7-18)12-21(26)23(20)33-14-22(31)28-17-4-2-1-3-5-17/h1-12,30H,14H2,(H,28,31)(H,29,32)/b16-10+. The number of hydrogen-bond acceptors (Lipinski definition) is 5. The average Bonchev–Trinajstić information content (AvgIpc) is 2.79. The number of hydrogen-bond donors (Lipinski definition) is 3. The highest BCUT2D eigenvalue weighted by atomic mass is 79.9. The van der Waals surface area contributed by atoms with Gasteiger partial charge in [0.05, 0.1) is 8.95 Å². The minimum atomic E-state index is -0.589. The number of carbonyl (C=O) groups excluding carboxylic acids is 2. The third kappa shape index (κ3) is 6.94. The van der Waals surface area contributed by atoms with Crippen LogP contribution in [0.2, 0.25) is 0 Å². The van der Waals surface area contributed by atoms with Crippen LogP contribution >= 0.6 is 31.9 Å². The van der Waals surface area contributed by atoms with Crippen molar-refractivity contribution < 1.29 is 19.4 Å². The average molecular weight is 571 g/mol. The van der Waals surface area contributed by atoms with Gasteiger partial charge < -0.3 is 20.5 Å². The van der Waals surface area contributed by atoms with Crippen molar-refractivity contribution in [2.24, 2.45) is 0 Å². The molecule has 0 unspecified atom stereocenters. The molecule has 2 amide bonds. The first-order valence-corrected chi connectivity index (χ1v) is 11.1. The third-order valence-electron chi connectivity index (χ3n) is 4.23. The number of aromatic hydroxyl groups is 1. The maximum atomic E-state index is 12.4. The summed E-state index contributed by atoms with van der Waals surface area (Å²) in [5.74, 6) is -0.434. The lowest BCUT2D eigenvalue weighted by atomic mass is 10.1. The van der Waals surface area contributed by atoms with Gasteiger partial charge in [-0.2, -0.15) is 5.26 Å². The number of phenols is 1. The summed E-state index contributed by atoms with van der Waals surface area (Å²) in [6.07, 6.45) is 1.43. The number of anilines is 2. The van der Waals surface area contributed by atoms with Crippen molar-refractivity contribution in [3.05, 3.63) is 86.8 Å². The molecule has 7 nitrogen and oxygen atoms in total. The molecule has 0 atom stereocenters. The molecule has 0 heterocycles. The molecular weight excluding hydrogens is 554 g/mol. The van der Waals surface area contributed by atoms with Crippen LogP contribution < -0.4 is 15.4 Å². The molecular formula is C24H17Br2N3O4. The van der Waals surface area contributed by atoms with Gasteiger partial charge in [-0.15, -0.1) is 0 Å². The second-order valence-corrected chi connectivity index (χ2v) is 8.40. The Hall–Kier alpha value is -3.61. The van der Waals surface area contributed by atoms with E-state index < -0.39 is 5.91 Å². The highest BCUT2D eigenvalue weighted by Crippen LogP contribution is 2.35. The Kier molecular flexibility index (Phi) is 8.24. The van der Waals surface area contributed by atoms with Crippen molar-refractivity contribution in [2.75, 3.05) is 17.2 Å². The molecule has 3 aromatic rings. The molecule has 0 aliphatic carbocycles. The van der Waals surface area contributed by atoms with Crippen LogP contribution in [0.3, 0.4) is 0 Å². The van der Waals surface area contributed by atoms with E-state index in [0.717, 1.165) is 0 Å². The van der Waals surface area contributed by atoms with Gasteiger partial charge in [-0.3, -0.25) is 9.59 Å². The Morgan fingerprint density at radius 2 is 1.58 bits per heavy atom. The summed E-state index contributed by atoms with van der Waals surface area (Å²) >= 11 is 6.80. The molecule has 33 heavy (non-hydrogen) atoms. The van der Waals surface area contributed by atoms with Crippen molar-refractivity contribution in [2.45, 2.75) is 0 Å². The molecule has 0 aromatic heterocycles. The highest BCUT2D eigenvalue weighted by Gasteiger charge is 2.14. The van der Waals surface area contributed by atoms with Crippen LogP contribution in [0.5, 0.6) is 11.5 Å². The number of nitriles is 1. The highest BCUT2D eigenvalue weighted by molar-refractivity contribution is 9.11. The molecule has 9 heteroatoms. The molecule has 0 saturated heterocycles. The summed E-state index contributed by atoms with van der Waals surface area (Å²) < 4.78 is 6.70. The zero-order valence-electron chi connectivity index (χ0n) is 17.0. The predicted octanol–water partition coefficient (Wildman–Crippen LogP) is 5.48. The minimum absolute atomic E-state index is 0.0682. The Morgan fingerprint density at radius 1 is 0.970 bits per heavy atom. The quantitative estimate of drug-likeness (QED) is 0.198. The van der Waals surface area contributed by atoms with Crippen LogP contribution in [0.4, 0.5) is 11.4 Å². The lowest BCUT2D eigenvalue weighted by Gasteiger charge is -2.12. The van der Waals surface area contributed by atoms with E-state index in [1.54, 1.807) is 24.3 Å². The van der Waals surface area contributed by atoms with E-state index in [9.17, 15) is 20.0 Å². The van der Waals surface area contributed by atoms with Gasteiger partial charge in [0.15, 0.2) is 6.61 Å². The maximum Gasteiger partial charge on any atom is 0.266 e. The molecule has 0 aliphatic rings. The maximum absolute atomic E-state index is 12.4. The lowest BCUT2D eigenvalue weighted by molar-refractivity contribution is -0.118. The number of nitrogens with one attached hydrogen (secondary N) is 2. The topological polar surface area (TPSA) is 111 Å². The van der Waals surface area contributed by atoms with Crippen LogP contribution in [-0.4, -0.2) is 23.5 Å². The van der Waals surface area contributed by atoms with E-state index in [4.69, 9.17) is 4.74 Å². The first-order chi connectivity index (χ1) is 15.9. The van der Waals surface area contributed by atoms with Gasteiger partial charge >= 0.3 is 0 Å². The first kappa shape index (κ1) is 24.0. The molecule has 0 saturated carbocycles. The molecule has 3 aromatic carbocycles. The number of ether oxygens (including phenoxy) is 1. The van der Waals surface area contributed by atoms with Gasteiger partial charge in [0.1, 0.15) is 23.1 Å². The number of amides is 2. The summed E-state index contributed by atoms with van der Waals surface area (Å²) in [7, 11) is 0. The second kappa shape index (κ2) is 11.3. The largest absolute Gasteiger partial charge is 0.508 e. The Bertz CT molecular complexity index is 1210. The number of rotatable bonds is 7. The molecule has 0 spiro atoms. The van der Waals surface area contributed by atoms with Gasteiger partial charge in [-0.05, 0) is 92.0 Å². The van der Waals surface area contributed by atoms with Crippen LogP contribution in [0.15, 0.2) is 81.2 Å². The first-order valence-electron chi connectivity index (χ1n) is 9.54. The SMILES string of the molecule is N#C/C(=C\c1cc(Br)c(OCC(=O)Nc2ccccc2)c(Br)c1)C(=O)Nc1ccc(O)cc1.